The van der Waals surface area contributed by atoms with Gasteiger partial charge in [-0.25, -0.2) is 4.39 Å². The molecule has 1 atom stereocenters. The molecule has 6 nitrogen and oxygen atoms in total. The van der Waals surface area contributed by atoms with Crippen LogP contribution in [0.2, 0.25) is 0 Å². The van der Waals surface area contributed by atoms with Crippen molar-refractivity contribution in [2.45, 2.75) is 32.5 Å². The van der Waals surface area contributed by atoms with Crippen molar-refractivity contribution in [1.29, 1.82) is 0 Å². The summed E-state index contributed by atoms with van der Waals surface area (Å²) in [5.74, 6) is 0.206. The van der Waals surface area contributed by atoms with Gasteiger partial charge in [0.2, 0.25) is 5.91 Å². The van der Waals surface area contributed by atoms with E-state index in [-0.39, 0.29) is 17.6 Å². The highest BCUT2D eigenvalue weighted by molar-refractivity contribution is 5.79. The molecule has 1 aliphatic heterocycles. The van der Waals surface area contributed by atoms with Gasteiger partial charge in [0.15, 0.2) is 5.96 Å². The molecule has 160 valence electrons. The summed E-state index contributed by atoms with van der Waals surface area (Å²) in [5.41, 5.74) is 8.84. The Kier molecular flexibility index (Phi) is 7.79. The van der Waals surface area contributed by atoms with Gasteiger partial charge in [-0.05, 0) is 48.2 Å². The molecule has 7 heteroatoms. The Morgan fingerprint density at radius 3 is 2.53 bits per heavy atom. The van der Waals surface area contributed by atoms with Crippen LogP contribution in [-0.4, -0.2) is 36.9 Å². The van der Waals surface area contributed by atoms with Crippen LogP contribution in [0.5, 0.6) is 0 Å². The lowest BCUT2D eigenvalue weighted by molar-refractivity contribution is -0.123. The Balaban J connectivity index is 1.50. The quantitative estimate of drug-likeness (QED) is 0.483. The van der Waals surface area contributed by atoms with Crippen LogP contribution in [0.3, 0.4) is 0 Å². The van der Waals surface area contributed by atoms with E-state index in [9.17, 15) is 9.18 Å². The summed E-state index contributed by atoms with van der Waals surface area (Å²) < 4.78 is 13.0. The first-order valence-electron chi connectivity index (χ1n) is 10.3. The molecule has 1 unspecified atom stereocenters. The third-order valence-electron chi connectivity index (χ3n) is 5.36. The van der Waals surface area contributed by atoms with Gasteiger partial charge in [0.05, 0.1) is 5.92 Å². The molecule has 1 heterocycles. The highest BCUT2D eigenvalue weighted by Gasteiger charge is 2.23. The number of benzene rings is 2. The molecule has 1 fully saturated rings. The highest BCUT2D eigenvalue weighted by atomic mass is 19.1. The van der Waals surface area contributed by atoms with Gasteiger partial charge >= 0.3 is 0 Å². The van der Waals surface area contributed by atoms with E-state index in [1.807, 2.05) is 0 Å². The Morgan fingerprint density at radius 2 is 1.83 bits per heavy atom. The lowest BCUT2D eigenvalue weighted by atomic mass is 9.97. The molecular formula is C23H30FN5O. The number of nitrogens with one attached hydrogen (secondary N) is 2. The lowest BCUT2D eigenvalue weighted by Crippen LogP contribution is -2.40. The number of hydrogen-bond acceptors (Lipinski definition) is 3. The second kappa shape index (κ2) is 10.7. The van der Waals surface area contributed by atoms with Crippen LogP contribution in [0.1, 0.15) is 29.5 Å². The fraction of sp³-hybridized carbons (Fsp3) is 0.391. The number of nitrogens with zero attached hydrogens (tertiary/aromatic N) is 2. The van der Waals surface area contributed by atoms with Crippen molar-refractivity contribution in [3.05, 3.63) is 71.0 Å². The van der Waals surface area contributed by atoms with Gasteiger partial charge in [0.25, 0.3) is 0 Å². The van der Waals surface area contributed by atoms with E-state index in [4.69, 9.17) is 5.73 Å². The number of halogens is 1. The third kappa shape index (κ3) is 6.56. The van der Waals surface area contributed by atoms with Gasteiger partial charge in [-0.1, -0.05) is 36.4 Å². The molecule has 30 heavy (non-hydrogen) atoms. The molecule has 3 rings (SSSR count). The number of carbonyl (C=O) groups excluding carboxylic acids is 1. The Hall–Kier alpha value is -2.93. The monoisotopic (exact) mass is 411 g/mol. The van der Waals surface area contributed by atoms with E-state index in [1.165, 1.54) is 17.7 Å². The zero-order chi connectivity index (χ0) is 21.3. The number of amides is 1. The molecular weight excluding hydrogens is 381 g/mol. The average molecular weight is 412 g/mol. The summed E-state index contributed by atoms with van der Waals surface area (Å²) in [5, 5.41) is 6.55. The number of carbonyl (C=O) groups is 1. The van der Waals surface area contributed by atoms with Crippen molar-refractivity contribution in [3.63, 3.8) is 0 Å². The van der Waals surface area contributed by atoms with Crippen LogP contribution in [0, 0.1) is 11.7 Å². The molecule has 1 amide bonds. The highest BCUT2D eigenvalue weighted by Crippen LogP contribution is 2.18. The minimum Gasteiger partial charge on any atom is -0.369 e. The zero-order valence-electron chi connectivity index (χ0n) is 17.4. The van der Waals surface area contributed by atoms with Crippen LogP contribution in [0.4, 0.5) is 4.39 Å². The molecule has 1 aliphatic rings. The third-order valence-corrected chi connectivity index (χ3v) is 5.36. The number of aliphatic imine (C=N–C) groups is 1. The summed E-state index contributed by atoms with van der Waals surface area (Å²) in [4.78, 5) is 18.0. The van der Waals surface area contributed by atoms with Gasteiger partial charge in [-0.2, -0.15) is 0 Å². The summed E-state index contributed by atoms with van der Waals surface area (Å²) >= 11 is 0. The van der Waals surface area contributed by atoms with E-state index in [2.05, 4.69) is 44.8 Å². The smallest absolute Gasteiger partial charge is 0.221 e. The molecule has 0 spiro atoms. The van der Waals surface area contributed by atoms with Crippen LogP contribution in [0.25, 0.3) is 0 Å². The van der Waals surface area contributed by atoms with Crippen LogP contribution < -0.4 is 16.4 Å². The van der Waals surface area contributed by atoms with E-state index in [0.717, 1.165) is 43.6 Å². The van der Waals surface area contributed by atoms with Gasteiger partial charge in [0.1, 0.15) is 5.82 Å². The fourth-order valence-corrected chi connectivity index (χ4v) is 3.72. The average Bonchev–Trinajstić information content (AvgIpc) is 2.75. The first kappa shape index (κ1) is 21.8. The van der Waals surface area contributed by atoms with E-state index in [0.29, 0.717) is 19.0 Å². The van der Waals surface area contributed by atoms with Crippen molar-refractivity contribution in [3.8, 4) is 0 Å². The van der Waals surface area contributed by atoms with E-state index < -0.39 is 0 Å². The SMILES string of the molecule is CN=C(NCc1ccc(F)cc1)NCc1cccc(CN2CCCC(C(N)=O)C2)c1. The van der Waals surface area contributed by atoms with E-state index >= 15 is 0 Å². The number of guanidine groups is 1. The van der Waals surface area contributed by atoms with Crippen LogP contribution in [-0.2, 0) is 24.4 Å². The van der Waals surface area contributed by atoms with Crippen molar-refractivity contribution in [1.82, 2.24) is 15.5 Å². The maximum atomic E-state index is 13.0. The van der Waals surface area contributed by atoms with Crippen molar-refractivity contribution in [2.75, 3.05) is 20.1 Å². The van der Waals surface area contributed by atoms with E-state index in [1.54, 1.807) is 19.2 Å². The summed E-state index contributed by atoms with van der Waals surface area (Å²) in [6.07, 6.45) is 1.89. The topological polar surface area (TPSA) is 82.8 Å². The second-order valence-corrected chi connectivity index (χ2v) is 7.70. The van der Waals surface area contributed by atoms with Crippen LogP contribution in [0.15, 0.2) is 53.5 Å². The maximum absolute atomic E-state index is 13.0. The van der Waals surface area contributed by atoms with Gasteiger partial charge in [-0.3, -0.25) is 14.7 Å². The molecule has 2 aromatic carbocycles. The first-order chi connectivity index (χ1) is 14.5. The minimum atomic E-state index is -0.240. The molecule has 4 N–H and O–H groups in total. The van der Waals surface area contributed by atoms with Crippen molar-refractivity contribution in [2.24, 2.45) is 16.6 Å². The Labute approximate surface area is 177 Å². The van der Waals surface area contributed by atoms with Crippen molar-refractivity contribution < 1.29 is 9.18 Å². The lowest BCUT2D eigenvalue weighted by Gasteiger charge is -2.31. The Bertz CT molecular complexity index is 868. The fourth-order valence-electron chi connectivity index (χ4n) is 3.72. The standard InChI is InChI=1S/C23H30FN5O/c1-26-23(27-13-17-7-9-21(24)10-8-17)28-14-18-4-2-5-19(12-18)15-29-11-3-6-20(16-29)22(25)30/h2,4-5,7-10,12,20H,3,6,11,13-16H2,1H3,(H2,25,30)(H2,26,27,28). The molecule has 0 aromatic heterocycles. The predicted octanol–water partition coefficient (Wildman–Crippen LogP) is 2.39. The summed E-state index contributed by atoms with van der Waals surface area (Å²) in [6, 6.07) is 14.8. The minimum absolute atomic E-state index is 0.0425. The molecule has 0 saturated carbocycles. The van der Waals surface area contributed by atoms with Crippen molar-refractivity contribution >= 4 is 11.9 Å². The molecule has 0 bridgehead atoms. The molecule has 0 radical (unpaired) electrons. The van der Waals surface area contributed by atoms with Crippen LogP contribution >= 0.6 is 0 Å². The first-order valence-corrected chi connectivity index (χ1v) is 10.3. The number of primary amides is 1. The number of nitrogens with two attached hydrogens (primary N) is 1. The maximum Gasteiger partial charge on any atom is 0.221 e. The van der Waals surface area contributed by atoms with Gasteiger partial charge in [0, 0.05) is 33.2 Å². The summed E-state index contributed by atoms with van der Waals surface area (Å²) in [7, 11) is 1.72. The molecule has 1 saturated heterocycles. The normalized spacial score (nSPS) is 17.5. The molecule has 0 aliphatic carbocycles. The summed E-state index contributed by atoms with van der Waals surface area (Å²) in [6.45, 7) is 3.75. The zero-order valence-corrected chi connectivity index (χ0v) is 17.4. The largest absolute Gasteiger partial charge is 0.369 e. The second-order valence-electron chi connectivity index (χ2n) is 7.70. The van der Waals surface area contributed by atoms with Gasteiger partial charge < -0.3 is 16.4 Å². The predicted molar refractivity (Wildman–Crippen MR) is 117 cm³/mol. The van der Waals surface area contributed by atoms with Gasteiger partial charge in [-0.15, -0.1) is 0 Å². The number of piperidine rings is 1. The number of likely N-dealkylation sites (tertiary alicyclic amines) is 1. The number of hydrogen-bond donors (Lipinski definition) is 3. The molecule has 2 aromatic rings. The Morgan fingerprint density at radius 1 is 1.13 bits per heavy atom. The number of rotatable bonds is 7.